The number of carbonyl (C=O) groups is 1. The minimum Gasteiger partial charge on any atom is -0.351 e. The van der Waals surface area contributed by atoms with E-state index in [2.05, 4.69) is 12.2 Å². The van der Waals surface area contributed by atoms with Crippen molar-refractivity contribution in [3.8, 4) is 0 Å². The molecular weight excluding hydrogens is 242 g/mol. The van der Waals surface area contributed by atoms with Crippen molar-refractivity contribution in [3.63, 3.8) is 0 Å². The number of hydrogen-bond donors (Lipinski definition) is 1. The van der Waals surface area contributed by atoms with Gasteiger partial charge in [-0.1, -0.05) is 13.3 Å². The molecule has 0 spiro atoms. The first-order chi connectivity index (χ1) is 7.69. The Bertz CT molecular complexity index is 338. The molecule has 0 aliphatic heterocycles. The van der Waals surface area contributed by atoms with E-state index in [1.807, 2.05) is 18.4 Å². The van der Waals surface area contributed by atoms with E-state index in [0.717, 1.165) is 29.8 Å². The molecule has 0 saturated heterocycles. The van der Waals surface area contributed by atoms with Crippen LogP contribution in [0.15, 0.2) is 11.4 Å². The van der Waals surface area contributed by atoms with Crippen molar-refractivity contribution in [1.82, 2.24) is 5.32 Å². The first-order valence-electron chi connectivity index (χ1n) is 5.57. The zero-order valence-corrected chi connectivity index (χ0v) is 11.3. The zero-order chi connectivity index (χ0) is 12.0. The van der Waals surface area contributed by atoms with E-state index in [-0.39, 0.29) is 5.91 Å². The first kappa shape index (κ1) is 13.5. The second kappa shape index (κ2) is 6.92. The largest absolute Gasteiger partial charge is 0.351 e. The summed E-state index contributed by atoms with van der Waals surface area (Å²) < 4.78 is 0. The molecule has 0 radical (unpaired) electrons. The van der Waals surface area contributed by atoms with Crippen LogP contribution in [0.2, 0.25) is 0 Å². The summed E-state index contributed by atoms with van der Waals surface area (Å²) in [4.78, 5) is 12.6. The number of alkyl halides is 1. The van der Waals surface area contributed by atoms with Crippen LogP contribution < -0.4 is 5.32 Å². The summed E-state index contributed by atoms with van der Waals surface area (Å²) in [6.45, 7) is 4.81. The Kier molecular flexibility index (Phi) is 5.85. The lowest BCUT2D eigenvalue weighted by atomic mass is 10.0. The van der Waals surface area contributed by atoms with Crippen molar-refractivity contribution >= 4 is 28.8 Å². The molecule has 2 nitrogen and oxygen atoms in total. The molecule has 1 rings (SSSR count). The van der Waals surface area contributed by atoms with Crippen molar-refractivity contribution in [3.05, 3.63) is 21.9 Å². The minimum absolute atomic E-state index is 0.0422. The Hall–Kier alpha value is -0.540. The maximum absolute atomic E-state index is 11.8. The Morgan fingerprint density at radius 3 is 2.88 bits per heavy atom. The number of thiophene rings is 1. The molecule has 0 aliphatic carbocycles. The fourth-order valence-electron chi connectivity index (χ4n) is 1.53. The SMILES string of the molecule is CCC(CCCl)CNC(=O)c1sccc1C. The highest BCUT2D eigenvalue weighted by molar-refractivity contribution is 7.12. The fraction of sp³-hybridized carbons (Fsp3) is 0.583. The van der Waals surface area contributed by atoms with Crippen LogP contribution in [0, 0.1) is 12.8 Å². The van der Waals surface area contributed by atoms with Gasteiger partial charge in [0.1, 0.15) is 0 Å². The van der Waals surface area contributed by atoms with Crippen LogP contribution in [0.3, 0.4) is 0 Å². The molecule has 90 valence electrons. The second-order valence-electron chi connectivity index (χ2n) is 3.89. The zero-order valence-electron chi connectivity index (χ0n) is 9.75. The smallest absolute Gasteiger partial charge is 0.261 e. The van der Waals surface area contributed by atoms with Gasteiger partial charge < -0.3 is 5.32 Å². The van der Waals surface area contributed by atoms with Crippen LogP contribution in [0.1, 0.15) is 35.0 Å². The topological polar surface area (TPSA) is 29.1 Å². The molecule has 0 fully saturated rings. The highest BCUT2D eigenvalue weighted by atomic mass is 35.5. The van der Waals surface area contributed by atoms with Crippen LogP contribution in [-0.2, 0) is 0 Å². The molecule has 1 aromatic heterocycles. The third-order valence-electron chi connectivity index (χ3n) is 2.71. The highest BCUT2D eigenvalue weighted by Gasteiger charge is 2.12. The molecule has 16 heavy (non-hydrogen) atoms. The van der Waals surface area contributed by atoms with Gasteiger partial charge in [-0.3, -0.25) is 4.79 Å². The summed E-state index contributed by atoms with van der Waals surface area (Å²) in [7, 11) is 0. The van der Waals surface area contributed by atoms with Crippen molar-refractivity contribution in [2.24, 2.45) is 5.92 Å². The Labute approximate surface area is 106 Å². The summed E-state index contributed by atoms with van der Waals surface area (Å²) in [5.41, 5.74) is 1.05. The third kappa shape index (κ3) is 3.80. The average Bonchev–Trinajstić information content (AvgIpc) is 2.70. The summed E-state index contributed by atoms with van der Waals surface area (Å²) >= 11 is 7.20. The average molecular weight is 260 g/mol. The highest BCUT2D eigenvalue weighted by Crippen LogP contribution is 2.15. The molecule has 1 aromatic rings. The summed E-state index contributed by atoms with van der Waals surface area (Å²) in [5.74, 6) is 1.19. The van der Waals surface area contributed by atoms with E-state index < -0.39 is 0 Å². The summed E-state index contributed by atoms with van der Waals surface area (Å²) in [5, 5.41) is 4.92. The number of nitrogens with one attached hydrogen (secondary N) is 1. The minimum atomic E-state index is 0.0422. The van der Waals surface area contributed by atoms with Crippen molar-refractivity contribution in [2.75, 3.05) is 12.4 Å². The van der Waals surface area contributed by atoms with Crippen molar-refractivity contribution in [1.29, 1.82) is 0 Å². The molecule has 1 atom stereocenters. The predicted octanol–water partition coefficient (Wildman–Crippen LogP) is 3.44. The van der Waals surface area contributed by atoms with Gasteiger partial charge in [0.15, 0.2) is 0 Å². The number of halogens is 1. The van der Waals surface area contributed by atoms with Crippen LogP contribution in [0.5, 0.6) is 0 Å². The monoisotopic (exact) mass is 259 g/mol. The number of amides is 1. The van der Waals surface area contributed by atoms with E-state index in [4.69, 9.17) is 11.6 Å². The van der Waals surface area contributed by atoms with Crippen LogP contribution >= 0.6 is 22.9 Å². The quantitative estimate of drug-likeness (QED) is 0.779. The maximum atomic E-state index is 11.8. The standard InChI is InChI=1S/C12H18ClNOS/c1-3-10(4-6-13)8-14-12(15)11-9(2)5-7-16-11/h5,7,10H,3-4,6,8H2,1-2H3,(H,14,15). The Morgan fingerprint density at radius 2 is 2.38 bits per heavy atom. The van der Waals surface area contributed by atoms with Gasteiger partial charge in [0.05, 0.1) is 4.88 Å². The fourth-order valence-corrected chi connectivity index (χ4v) is 2.68. The van der Waals surface area contributed by atoms with Gasteiger partial charge in [-0.15, -0.1) is 22.9 Å². The van der Waals surface area contributed by atoms with Crippen LogP contribution in [-0.4, -0.2) is 18.3 Å². The Balaban J connectivity index is 2.43. The summed E-state index contributed by atoms with van der Waals surface area (Å²) in [6.07, 6.45) is 2.01. The number of hydrogen-bond acceptors (Lipinski definition) is 2. The summed E-state index contributed by atoms with van der Waals surface area (Å²) in [6, 6.07) is 1.97. The molecule has 1 unspecified atom stereocenters. The second-order valence-corrected chi connectivity index (χ2v) is 5.19. The van der Waals surface area contributed by atoms with Gasteiger partial charge in [0, 0.05) is 12.4 Å². The maximum Gasteiger partial charge on any atom is 0.261 e. The third-order valence-corrected chi connectivity index (χ3v) is 3.95. The van der Waals surface area contributed by atoms with Crippen molar-refractivity contribution in [2.45, 2.75) is 26.7 Å². The molecule has 1 amide bonds. The Morgan fingerprint density at radius 1 is 1.62 bits per heavy atom. The van der Waals surface area contributed by atoms with E-state index in [1.165, 1.54) is 11.3 Å². The van der Waals surface area contributed by atoms with Gasteiger partial charge in [0.25, 0.3) is 5.91 Å². The lowest BCUT2D eigenvalue weighted by Gasteiger charge is -2.13. The molecule has 0 aliphatic rings. The lowest BCUT2D eigenvalue weighted by Crippen LogP contribution is -2.29. The van der Waals surface area contributed by atoms with Gasteiger partial charge in [-0.2, -0.15) is 0 Å². The van der Waals surface area contributed by atoms with E-state index >= 15 is 0 Å². The molecule has 0 aromatic carbocycles. The molecule has 4 heteroatoms. The van der Waals surface area contributed by atoms with Gasteiger partial charge in [-0.05, 0) is 36.3 Å². The molecule has 0 saturated carbocycles. The van der Waals surface area contributed by atoms with Gasteiger partial charge in [0.2, 0.25) is 0 Å². The van der Waals surface area contributed by atoms with E-state index in [0.29, 0.717) is 11.8 Å². The van der Waals surface area contributed by atoms with Gasteiger partial charge in [-0.25, -0.2) is 0 Å². The molecule has 0 bridgehead atoms. The molecule has 1 heterocycles. The lowest BCUT2D eigenvalue weighted by molar-refractivity contribution is 0.0950. The van der Waals surface area contributed by atoms with Crippen molar-refractivity contribution < 1.29 is 4.79 Å². The van der Waals surface area contributed by atoms with E-state index in [1.54, 1.807) is 0 Å². The molecule has 1 N–H and O–H groups in total. The number of rotatable bonds is 6. The van der Waals surface area contributed by atoms with Crippen LogP contribution in [0.4, 0.5) is 0 Å². The van der Waals surface area contributed by atoms with E-state index in [9.17, 15) is 4.79 Å². The molecular formula is C12H18ClNOS. The number of carbonyl (C=O) groups excluding carboxylic acids is 1. The van der Waals surface area contributed by atoms with Crippen LogP contribution in [0.25, 0.3) is 0 Å². The normalized spacial score (nSPS) is 12.4. The predicted molar refractivity (Wildman–Crippen MR) is 70.5 cm³/mol. The number of aryl methyl sites for hydroxylation is 1. The van der Waals surface area contributed by atoms with Gasteiger partial charge >= 0.3 is 0 Å². The first-order valence-corrected chi connectivity index (χ1v) is 6.98.